The van der Waals surface area contributed by atoms with Crippen LogP contribution in [-0.2, 0) is 18.4 Å². The highest BCUT2D eigenvalue weighted by Crippen LogP contribution is 2.25. The van der Waals surface area contributed by atoms with E-state index in [9.17, 15) is 9.59 Å². The topological polar surface area (TPSA) is 52.6 Å². The molecule has 0 aromatic heterocycles. The molecule has 0 amide bonds. The average Bonchev–Trinajstić information content (AvgIpc) is 2.77. The van der Waals surface area contributed by atoms with Crippen molar-refractivity contribution in [3.05, 3.63) is 11.6 Å². The van der Waals surface area contributed by atoms with Gasteiger partial charge in [-0.3, -0.25) is 9.59 Å². The van der Waals surface area contributed by atoms with E-state index < -0.39 is 16.6 Å². The van der Waals surface area contributed by atoms with Crippen LogP contribution in [0.5, 0.6) is 0 Å². The third-order valence-electron chi connectivity index (χ3n) is 3.95. The van der Waals surface area contributed by atoms with Gasteiger partial charge in [-0.2, -0.15) is 0 Å². The zero-order valence-electron chi connectivity index (χ0n) is 16.9. The third-order valence-corrected chi connectivity index (χ3v) is 5.97. The molecule has 1 aliphatic rings. The van der Waals surface area contributed by atoms with E-state index >= 15 is 0 Å². The quantitative estimate of drug-likeness (QED) is 0.356. The minimum Gasteiger partial charge on any atom is -0.411 e. The van der Waals surface area contributed by atoms with E-state index in [1.807, 2.05) is 6.08 Å². The predicted octanol–water partition coefficient (Wildman–Crippen LogP) is 4.87. The van der Waals surface area contributed by atoms with Gasteiger partial charge in [0.25, 0.3) is 0 Å². The van der Waals surface area contributed by atoms with Gasteiger partial charge in [0.05, 0.1) is 12.7 Å². The van der Waals surface area contributed by atoms with Crippen molar-refractivity contribution in [1.82, 2.24) is 0 Å². The van der Waals surface area contributed by atoms with Gasteiger partial charge < -0.3 is 8.85 Å². The number of Topliss-reactive ketones (excluding diaryl/α,β-unsaturated/α-hetero) is 2. The van der Waals surface area contributed by atoms with Crippen molar-refractivity contribution in [3.8, 4) is 0 Å². The summed E-state index contributed by atoms with van der Waals surface area (Å²) in [6, 6.07) is 0. The summed E-state index contributed by atoms with van der Waals surface area (Å²) in [5.74, 6) is 0.462. The van der Waals surface area contributed by atoms with Gasteiger partial charge in [-0.25, -0.2) is 0 Å². The predicted molar refractivity (Wildman–Crippen MR) is 108 cm³/mol. The second kappa shape index (κ2) is 9.95. The van der Waals surface area contributed by atoms with Crippen LogP contribution in [0.3, 0.4) is 0 Å². The summed E-state index contributed by atoms with van der Waals surface area (Å²) < 4.78 is 11.6. The van der Waals surface area contributed by atoms with Gasteiger partial charge in [0.15, 0.2) is 28.2 Å². The number of hydrogen-bond acceptors (Lipinski definition) is 4. The summed E-state index contributed by atoms with van der Waals surface area (Å²) in [4.78, 5) is 23.8. The molecule has 1 atom stereocenters. The molecule has 0 heterocycles. The third kappa shape index (κ3) is 10.9. The molecule has 25 heavy (non-hydrogen) atoms. The highest BCUT2D eigenvalue weighted by Gasteiger charge is 2.28. The number of unbranched alkanes of at least 4 members (excludes halogenated alkanes) is 3. The molecule has 0 aliphatic heterocycles. The number of hydrogen-bond donors (Lipinski definition) is 0. The molecule has 0 N–H and O–H groups in total. The Kier molecular flexibility index (Phi) is 8.94. The molecule has 6 heteroatoms. The first-order chi connectivity index (χ1) is 11.5. The zero-order valence-corrected chi connectivity index (χ0v) is 18.9. The van der Waals surface area contributed by atoms with Gasteiger partial charge in [-0.15, -0.1) is 0 Å². The van der Waals surface area contributed by atoms with Crippen LogP contribution in [0, 0.1) is 0 Å². The normalized spacial score (nSPS) is 18.6. The van der Waals surface area contributed by atoms with E-state index in [0.717, 1.165) is 37.7 Å². The van der Waals surface area contributed by atoms with Gasteiger partial charge in [-0.1, -0.05) is 12.8 Å². The lowest BCUT2D eigenvalue weighted by atomic mass is 10.0. The van der Waals surface area contributed by atoms with E-state index in [0.29, 0.717) is 12.8 Å². The first-order valence-electron chi connectivity index (χ1n) is 9.54. The molecule has 0 fully saturated rings. The number of ketones is 2. The molecule has 0 saturated carbocycles. The molecule has 0 spiro atoms. The molecule has 0 bridgehead atoms. The fourth-order valence-corrected chi connectivity index (χ4v) is 4.46. The molecule has 0 aromatic rings. The zero-order chi connectivity index (χ0) is 19.1. The maximum atomic E-state index is 12.0. The minimum absolute atomic E-state index is 0.00171. The second-order valence-electron chi connectivity index (χ2n) is 8.94. The molecule has 1 rings (SSSR count). The lowest BCUT2D eigenvalue weighted by molar-refractivity contribution is -0.121. The SMILES string of the molecule is C[Si](C)(C)OCC(=O)CCCCCCC1=C[C@H](O[Si](C)(C)C)CC1=O. The second-order valence-corrected chi connectivity index (χ2v) is 17.9. The summed E-state index contributed by atoms with van der Waals surface area (Å²) in [5, 5.41) is 0. The Labute approximate surface area is 155 Å². The Morgan fingerprint density at radius 1 is 1.04 bits per heavy atom. The first-order valence-corrected chi connectivity index (χ1v) is 16.4. The van der Waals surface area contributed by atoms with Crippen LogP contribution < -0.4 is 0 Å². The molecular weight excluding hydrogens is 348 g/mol. The highest BCUT2D eigenvalue weighted by atomic mass is 28.4. The summed E-state index contributed by atoms with van der Waals surface area (Å²) in [7, 11) is -3.19. The van der Waals surface area contributed by atoms with E-state index in [4.69, 9.17) is 8.85 Å². The van der Waals surface area contributed by atoms with Crippen LogP contribution in [-0.4, -0.2) is 40.9 Å². The van der Waals surface area contributed by atoms with Gasteiger partial charge in [0.2, 0.25) is 0 Å². The van der Waals surface area contributed by atoms with Crippen molar-refractivity contribution in [1.29, 1.82) is 0 Å². The highest BCUT2D eigenvalue weighted by molar-refractivity contribution is 6.70. The maximum Gasteiger partial charge on any atom is 0.184 e. The summed E-state index contributed by atoms with van der Waals surface area (Å²) in [6.45, 7) is 13.0. The standard InChI is InChI=1S/C19H36O4Si2/c1-24(2,3)22-15-17(20)12-10-8-7-9-11-16-13-18(14-19(16)21)23-25(4,5)6/h13,18H,7-12,14-15H2,1-6H3/t18-/m0/s1. The Hall–Kier alpha value is -0.566. The number of allylic oxidation sites excluding steroid dienone is 1. The average molecular weight is 385 g/mol. The Bertz CT molecular complexity index is 487. The largest absolute Gasteiger partial charge is 0.411 e. The molecule has 0 saturated heterocycles. The minimum atomic E-state index is -1.60. The summed E-state index contributed by atoms with van der Waals surface area (Å²) in [6.07, 6.45) is 8.04. The summed E-state index contributed by atoms with van der Waals surface area (Å²) >= 11 is 0. The van der Waals surface area contributed by atoms with Crippen LogP contribution in [0.4, 0.5) is 0 Å². The Morgan fingerprint density at radius 3 is 2.28 bits per heavy atom. The fourth-order valence-electron chi connectivity index (χ4n) is 2.80. The van der Waals surface area contributed by atoms with E-state index in [1.54, 1.807) is 0 Å². The number of carbonyl (C=O) groups excluding carboxylic acids is 2. The molecule has 4 nitrogen and oxygen atoms in total. The van der Waals surface area contributed by atoms with Gasteiger partial charge >= 0.3 is 0 Å². The maximum absolute atomic E-state index is 12.0. The van der Waals surface area contributed by atoms with Crippen molar-refractivity contribution in [2.24, 2.45) is 0 Å². The molecule has 0 unspecified atom stereocenters. The van der Waals surface area contributed by atoms with E-state index in [2.05, 4.69) is 39.3 Å². The van der Waals surface area contributed by atoms with Crippen LogP contribution in [0.1, 0.15) is 44.9 Å². The van der Waals surface area contributed by atoms with E-state index in [-0.39, 0.29) is 24.3 Å². The van der Waals surface area contributed by atoms with Crippen LogP contribution in [0.15, 0.2) is 11.6 Å². The monoisotopic (exact) mass is 384 g/mol. The van der Waals surface area contributed by atoms with Crippen molar-refractivity contribution in [2.75, 3.05) is 6.61 Å². The summed E-state index contributed by atoms with van der Waals surface area (Å²) in [5.41, 5.74) is 0.947. The Balaban J connectivity index is 2.14. The van der Waals surface area contributed by atoms with Crippen molar-refractivity contribution in [2.45, 2.75) is 90.3 Å². The van der Waals surface area contributed by atoms with Crippen LogP contribution in [0.2, 0.25) is 39.3 Å². The number of carbonyl (C=O) groups is 2. The first kappa shape index (κ1) is 22.5. The Morgan fingerprint density at radius 2 is 1.68 bits per heavy atom. The van der Waals surface area contributed by atoms with Gasteiger partial charge in [-0.05, 0) is 70.2 Å². The van der Waals surface area contributed by atoms with Crippen LogP contribution in [0.25, 0.3) is 0 Å². The molecular formula is C19H36O4Si2. The molecule has 1 aliphatic carbocycles. The lowest BCUT2D eigenvalue weighted by Crippen LogP contribution is -2.30. The fraction of sp³-hybridized carbons (Fsp3) is 0.789. The number of rotatable bonds is 12. The van der Waals surface area contributed by atoms with Crippen molar-refractivity contribution < 1.29 is 18.4 Å². The van der Waals surface area contributed by atoms with Crippen molar-refractivity contribution in [3.63, 3.8) is 0 Å². The van der Waals surface area contributed by atoms with Gasteiger partial charge in [0.1, 0.15) is 0 Å². The molecule has 144 valence electrons. The smallest absolute Gasteiger partial charge is 0.184 e. The van der Waals surface area contributed by atoms with Crippen LogP contribution >= 0.6 is 0 Å². The van der Waals surface area contributed by atoms with E-state index in [1.165, 1.54) is 0 Å². The molecule has 0 aromatic carbocycles. The lowest BCUT2D eigenvalue weighted by Gasteiger charge is -2.21. The van der Waals surface area contributed by atoms with Crippen molar-refractivity contribution >= 4 is 28.2 Å². The molecule has 0 radical (unpaired) electrons. The van der Waals surface area contributed by atoms with Gasteiger partial charge in [0, 0.05) is 12.8 Å².